The van der Waals surface area contributed by atoms with E-state index >= 15 is 0 Å². The third kappa shape index (κ3) is 4.97. The number of anilines is 1. The van der Waals surface area contributed by atoms with E-state index in [9.17, 15) is 5.26 Å². The molecule has 0 spiro atoms. The van der Waals surface area contributed by atoms with E-state index in [1.54, 1.807) is 6.20 Å². The molecule has 0 unspecified atom stereocenters. The van der Waals surface area contributed by atoms with Crippen molar-refractivity contribution in [3.8, 4) is 6.07 Å². The molecular formula is C22H29N3O2. The largest absolute Gasteiger partial charge is 0.379 e. The van der Waals surface area contributed by atoms with Crippen molar-refractivity contribution in [2.75, 3.05) is 31.2 Å². The Morgan fingerprint density at radius 2 is 2.15 bits per heavy atom. The average molecular weight is 367 g/mol. The Bertz CT molecular complexity index is 787. The smallest absolute Gasteiger partial charge is 0.101 e. The van der Waals surface area contributed by atoms with E-state index in [0.717, 1.165) is 42.7 Å². The zero-order valence-electron chi connectivity index (χ0n) is 16.4. The highest BCUT2D eigenvalue weighted by molar-refractivity contribution is 5.95. The first-order valence-electron chi connectivity index (χ1n) is 9.99. The van der Waals surface area contributed by atoms with Crippen molar-refractivity contribution >= 4 is 16.6 Å². The van der Waals surface area contributed by atoms with Crippen molar-refractivity contribution in [1.82, 2.24) is 4.98 Å². The van der Waals surface area contributed by atoms with Crippen LogP contribution in [0, 0.1) is 11.3 Å². The Kier molecular flexibility index (Phi) is 7.03. The Hall–Kier alpha value is -2.16. The number of morpholine rings is 1. The first-order valence-corrected chi connectivity index (χ1v) is 9.99. The number of unbranched alkanes of at least 4 members (excludes halogenated alkanes) is 3. The lowest BCUT2D eigenvalue weighted by Gasteiger charge is -2.38. The quantitative estimate of drug-likeness (QED) is 0.651. The van der Waals surface area contributed by atoms with Gasteiger partial charge in [-0.2, -0.15) is 5.26 Å². The molecule has 1 saturated heterocycles. The van der Waals surface area contributed by atoms with Crippen molar-refractivity contribution in [3.63, 3.8) is 0 Å². The maximum atomic E-state index is 9.36. The summed E-state index contributed by atoms with van der Waals surface area (Å²) in [4.78, 5) is 6.76. The fourth-order valence-corrected chi connectivity index (χ4v) is 3.70. The summed E-state index contributed by atoms with van der Waals surface area (Å²) in [5, 5.41) is 10.4. The molecule has 0 radical (unpaired) electrons. The van der Waals surface area contributed by atoms with E-state index in [1.807, 2.05) is 24.3 Å². The minimum Gasteiger partial charge on any atom is -0.379 e. The predicted octanol–water partition coefficient (Wildman–Crippen LogP) is 4.30. The van der Waals surface area contributed by atoms with Crippen LogP contribution in [0.2, 0.25) is 0 Å². The van der Waals surface area contributed by atoms with Gasteiger partial charge in [-0.3, -0.25) is 4.98 Å². The molecule has 0 saturated carbocycles. The average Bonchev–Trinajstić information content (AvgIpc) is 2.69. The molecule has 1 aromatic carbocycles. The van der Waals surface area contributed by atoms with Gasteiger partial charge in [0.2, 0.25) is 0 Å². The highest BCUT2D eigenvalue weighted by Gasteiger charge is 2.27. The number of pyridine rings is 1. The summed E-state index contributed by atoms with van der Waals surface area (Å²) < 4.78 is 12.0. The number of fused-ring (bicyclic) bond motifs is 1. The van der Waals surface area contributed by atoms with Crippen LogP contribution in [0.5, 0.6) is 0 Å². The lowest BCUT2D eigenvalue weighted by Crippen LogP contribution is -2.48. The molecule has 2 aromatic rings. The van der Waals surface area contributed by atoms with Gasteiger partial charge in [-0.25, -0.2) is 0 Å². The Balaban J connectivity index is 1.68. The normalized spacial score (nSPS) is 20.0. The first kappa shape index (κ1) is 19.6. The van der Waals surface area contributed by atoms with Crippen molar-refractivity contribution in [1.29, 1.82) is 5.26 Å². The lowest BCUT2D eigenvalue weighted by molar-refractivity contribution is -0.0604. The SMILES string of the molecule is CCCCCCOC[C@H]1CN(c2ccc(C#N)c3ncccc23)C[C@@H](C)O1. The molecular weight excluding hydrogens is 338 g/mol. The minimum absolute atomic E-state index is 0.0577. The van der Waals surface area contributed by atoms with Gasteiger partial charge in [0.15, 0.2) is 0 Å². The molecule has 2 heterocycles. The molecule has 0 N–H and O–H groups in total. The van der Waals surface area contributed by atoms with Crippen LogP contribution in [-0.4, -0.2) is 43.5 Å². The molecule has 5 heteroatoms. The summed E-state index contributed by atoms with van der Waals surface area (Å²) in [5.74, 6) is 0. The van der Waals surface area contributed by atoms with Crippen molar-refractivity contribution < 1.29 is 9.47 Å². The number of nitriles is 1. The van der Waals surface area contributed by atoms with E-state index in [2.05, 4.69) is 29.8 Å². The fourth-order valence-electron chi connectivity index (χ4n) is 3.70. The number of benzene rings is 1. The van der Waals surface area contributed by atoms with Gasteiger partial charge >= 0.3 is 0 Å². The first-order chi connectivity index (χ1) is 13.2. The maximum absolute atomic E-state index is 9.36. The summed E-state index contributed by atoms with van der Waals surface area (Å²) in [7, 11) is 0. The molecule has 0 amide bonds. The number of rotatable bonds is 8. The third-order valence-electron chi connectivity index (χ3n) is 4.98. The lowest BCUT2D eigenvalue weighted by atomic mass is 10.1. The number of aromatic nitrogens is 1. The zero-order valence-corrected chi connectivity index (χ0v) is 16.4. The van der Waals surface area contributed by atoms with Gasteiger partial charge in [0, 0.05) is 37.0 Å². The van der Waals surface area contributed by atoms with Crippen molar-refractivity contribution in [3.05, 3.63) is 36.0 Å². The molecule has 0 aliphatic carbocycles. The highest BCUT2D eigenvalue weighted by atomic mass is 16.5. The topological polar surface area (TPSA) is 58.4 Å². The number of hydrogen-bond acceptors (Lipinski definition) is 5. The van der Waals surface area contributed by atoms with E-state index in [1.165, 1.54) is 19.3 Å². The summed E-state index contributed by atoms with van der Waals surface area (Å²) in [6.07, 6.45) is 6.79. The molecule has 5 nitrogen and oxygen atoms in total. The van der Waals surface area contributed by atoms with Gasteiger partial charge in [0.05, 0.1) is 29.9 Å². The Morgan fingerprint density at radius 1 is 1.26 bits per heavy atom. The van der Waals surface area contributed by atoms with Crippen LogP contribution in [0.1, 0.15) is 45.1 Å². The minimum atomic E-state index is 0.0577. The summed E-state index contributed by atoms with van der Waals surface area (Å²) >= 11 is 0. The van der Waals surface area contributed by atoms with Crippen LogP contribution in [-0.2, 0) is 9.47 Å². The molecule has 3 rings (SSSR count). The van der Waals surface area contributed by atoms with Crippen LogP contribution in [0.4, 0.5) is 5.69 Å². The molecule has 2 atom stereocenters. The third-order valence-corrected chi connectivity index (χ3v) is 4.98. The van der Waals surface area contributed by atoms with Gasteiger partial charge in [0.1, 0.15) is 6.07 Å². The van der Waals surface area contributed by atoms with E-state index in [-0.39, 0.29) is 12.2 Å². The van der Waals surface area contributed by atoms with E-state index in [0.29, 0.717) is 12.2 Å². The zero-order chi connectivity index (χ0) is 19.1. The van der Waals surface area contributed by atoms with Gasteiger partial charge in [-0.1, -0.05) is 26.2 Å². The van der Waals surface area contributed by atoms with Gasteiger partial charge in [-0.15, -0.1) is 0 Å². The molecule has 1 aromatic heterocycles. The van der Waals surface area contributed by atoms with Crippen LogP contribution < -0.4 is 4.90 Å². The standard InChI is InChI=1S/C22H29N3O2/c1-3-4-5-6-12-26-16-19-15-25(14-17(2)27-19)21-10-9-18(13-23)22-20(21)8-7-11-24-22/h7-11,17,19H,3-6,12,14-16H2,1-2H3/t17-,19-/m1/s1. The number of ether oxygens (including phenoxy) is 2. The van der Waals surface area contributed by atoms with Crippen molar-refractivity contribution in [2.45, 2.75) is 51.7 Å². The Morgan fingerprint density at radius 3 is 2.96 bits per heavy atom. The molecule has 1 aliphatic rings. The summed E-state index contributed by atoms with van der Waals surface area (Å²) in [6, 6.07) is 10.1. The van der Waals surface area contributed by atoms with Gasteiger partial charge < -0.3 is 14.4 Å². The molecule has 1 fully saturated rings. The summed E-state index contributed by atoms with van der Waals surface area (Å²) in [5.41, 5.74) is 2.49. The molecule has 0 bridgehead atoms. The van der Waals surface area contributed by atoms with E-state index < -0.39 is 0 Å². The van der Waals surface area contributed by atoms with Crippen molar-refractivity contribution in [2.24, 2.45) is 0 Å². The van der Waals surface area contributed by atoms with Crippen LogP contribution in [0.3, 0.4) is 0 Å². The van der Waals surface area contributed by atoms with E-state index in [4.69, 9.17) is 9.47 Å². The second kappa shape index (κ2) is 9.68. The fraction of sp³-hybridized carbons (Fsp3) is 0.545. The number of hydrogen-bond donors (Lipinski definition) is 0. The highest BCUT2D eigenvalue weighted by Crippen LogP contribution is 2.30. The van der Waals surface area contributed by atoms with Gasteiger partial charge in [-0.05, 0) is 37.6 Å². The monoisotopic (exact) mass is 367 g/mol. The second-order valence-electron chi connectivity index (χ2n) is 7.25. The van der Waals surface area contributed by atoms with Crippen LogP contribution >= 0.6 is 0 Å². The maximum Gasteiger partial charge on any atom is 0.101 e. The molecule has 144 valence electrons. The van der Waals surface area contributed by atoms with Gasteiger partial charge in [0.25, 0.3) is 0 Å². The predicted molar refractivity (Wildman–Crippen MR) is 108 cm³/mol. The number of nitrogens with zero attached hydrogens (tertiary/aromatic N) is 3. The Labute approximate surface area is 161 Å². The summed E-state index contributed by atoms with van der Waals surface area (Å²) in [6.45, 7) is 7.36. The molecule has 27 heavy (non-hydrogen) atoms. The van der Waals surface area contributed by atoms with Crippen LogP contribution in [0.15, 0.2) is 30.5 Å². The molecule has 1 aliphatic heterocycles. The second-order valence-corrected chi connectivity index (χ2v) is 7.25. The van der Waals surface area contributed by atoms with Crippen LogP contribution in [0.25, 0.3) is 10.9 Å².